The molecule has 2 saturated heterocycles. The van der Waals surface area contributed by atoms with Gasteiger partial charge in [-0.05, 0) is 39.2 Å². The number of hydrogen-bond donors (Lipinski definition) is 2. The Bertz CT molecular complexity index is 232. The van der Waals surface area contributed by atoms with Gasteiger partial charge in [-0.1, -0.05) is 0 Å². The second kappa shape index (κ2) is 6.42. The Kier molecular flexibility index (Phi) is 5.52. The summed E-state index contributed by atoms with van der Waals surface area (Å²) in [4.78, 5) is 11.8. The van der Waals surface area contributed by atoms with Crippen molar-refractivity contribution in [1.82, 2.24) is 10.6 Å². The Morgan fingerprint density at radius 3 is 2.88 bits per heavy atom. The zero-order valence-corrected chi connectivity index (χ0v) is 10.5. The van der Waals surface area contributed by atoms with E-state index >= 15 is 0 Å². The first kappa shape index (κ1) is 13.7. The predicted molar refractivity (Wildman–Crippen MR) is 64.9 cm³/mol. The molecule has 3 atom stereocenters. The quantitative estimate of drug-likeness (QED) is 0.762. The molecule has 0 spiro atoms. The molecule has 0 aliphatic carbocycles. The van der Waals surface area contributed by atoms with Crippen LogP contribution in [0.15, 0.2) is 0 Å². The molecular weight excluding hydrogens is 228 g/mol. The van der Waals surface area contributed by atoms with Gasteiger partial charge in [0.15, 0.2) is 0 Å². The van der Waals surface area contributed by atoms with Gasteiger partial charge in [-0.25, -0.2) is 0 Å². The van der Waals surface area contributed by atoms with Crippen molar-refractivity contribution in [3.05, 3.63) is 0 Å². The molecule has 0 radical (unpaired) electrons. The fourth-order valence-electron chi connectivity index (χ4n) is 2.34. The molecule has 0 saturated carbocycles. The van der Waals surface area contributed by atoms with E-state index in [1.807, 2.05) is 0 Å². The summed E-state index contributed by atoms with van der Waals surface area (Å²) in [7, 11) is 0. The van der Waals surface area contributed by atoms with Gasteiger partial charge >= 0.3 is 0 Å². The SMILES string of the molecule is CC1CC(NC(=O)C2CCCO2)CCN1.Cl. The molecule has 2 aliphatic heterocycles. The molecule has 0 aromatic heterocycles. The Morgan fingerprint density at radius 2 is 2.25 bits per heavy atom. The lowest BCUT2D eigenvalue weighted by molar-refractivity contribution is -0.131. The van der Waals surface area contributed by atoms with Crippen LogP contribution >= 0.6 is 12.4 Å². The Morgan fingerprint density at radius 1 is 1.44 bits per heavy atom. The van der Waals surface area contributed by atoms with Crippen molar-refractivity contribution in [1.29, 1.82) is 0 Å². The van der Waals surface area contributed by atoms with Gasteiger partial charge < -0.3 is 15.4 Å². The molecule has 2 fully saturated rings. The van der Waals surface area contributed by atoms with Gasteiger partial charge in [-0.3, -0.25) is 4.79 Å². The van der Waals surface area contributed by atoms with Crippen LogP contribution in [-0.4, -0.2) is 37.2 Å². The molecule has 0 bridgehead atoms. The molecular formula is C11H21ClN2O2. The van der Waals surface area contributed by atoms with E-state index < -0.39 is 0 Å². The molecule has 2 aliphatic rings. The number of rotatable bonds is 2. The maximum absolute atomic E-state index is 11.8. The van der Waals surface area contributed by atoms with E-state index in [0.29, 0.717) is 12.1 Å². The number of carbonyl (C=O) groups is 1. The summed E-state index contributed by atoms with van der Waals surface area (Å²) >= 11 is 0. The highest BCUT2D eigenvalue weighted by atomic mass is 35.5. The molecule has 1 amide bonds. The van der Waals surface area contributed by atoms with E-state index in [0.717, 1.165) is 38.8 Å². The van der Waals surface area contributed by atoms with Crippen molar-refractivity contribution in [2.75, 3.05) is 13.2 Å². The van der Waals surface area contributed by atoms with Gasteiger partial charge in [0.05, 0.1) is 0 Å². The first-order valence-corrected chi connectivity index (χ1v) is 5.91. The lowest BCUT2D eigenvalue weighted by Gasteiger charge is -2.29. The fourth-order valence-corrected chi connectivity index (χ4v) is 2.34. The number of amides is 1. The van der Waals surface area contributed by atoms with Crippen LogP contribution in [0.3, 0.4) is 0 Å². The highest BCUT2D eigenvalue weighted by molar-refractivity contribution is 5.85. The molecule has 94 valence electrons. The zero-order chi connectivity index (χ0) is 10.7. The normalized spacial score (nSPS) is 34.2. The standard InChI is InChI=1S/C11H20N2O2.ClH/c1-8-7-9(4-5-12-8)13-11(14)10-3-2-6-15-10;/h8-10,12H,2-7H2,1H3,(H,13,14);1H. The summed E-state index contributed by atoms with van der Waals surface area (Å²) in [5.41, 5.74) is 0. The minimum Gasteiger partial charge on any atom is -0.368 e. The van der Waals surface area contributed by atoms with E-state index in [4.69, 9.17) is 4.74 Å². The molecule has 4 nitrogen and oxygen atoms in total. The van der Waals surface area contributed by atoms with Gasteiger partial charge in [-0.2, -0.15) is 0 Å². The second-order valence-corrected chi connectivity index (χ2v) is 4.59. The van der Waals surface area contributed by atoms with Gasteiger partial charge in [0.2, 0.25) is 5.91 Å². The van der Waals surface area contributed by atoms with Crippen molar-refractivity contribution in [2.24, 2.45) is 0 Å². The maximum Gasteiger partial charge on any atom is 0.249 e. The average molecular weight is 249 g/mol. The number of halogens is 1. The highest BCUT2D eigenvalue weighted by Crippen LogP contribution is 2.14. The summed E-state index contributed by atoms with van der Waals surface area (Å²) in [6.07, 6.45) is 3.77. The van der Waals surface area contributed by atoms with Gasteiger partial charge in [0.1, 0.15) is 6.10 Å². The third kappa shape index (κ3) is 3.61. The largest absolute Gasteiger partial charge is 0.368 e. The third-order valence-corrected chi connectivity index (χ3v) is 3.19. The zero-order valence-electron chi connectivity index (χ0n) is 9.70. The van der Waals surface area contributed by atoms with Crippen molar-refractivity contribution in [2.45, 2.75) is 50.8 Å². The lowest BCUT2D eigenvalue weighted by atomic mass is 10.0. The Labute approximate surface area is 103 Å². The molecule has 3 unspecified atom stereocenters. The molecule has 0 aromatic carbocycles. The van der Waals surface area contributed by atoms with Crippen LogP contribution in [0.25, 0.3) is 0 Å². The first-order valence-electron chi connectivity index (χ1n) is 5.91. The minimum absolute atomic E-state index is 0. The molecule has 2 heterocycles. The predicted octanol–water partition coefficient (Wildman–Crippen LogP) is 0.844. The summed E-state index contributed by atoms with van der Waals surface area (Å²) < 4.78 is 5.36. The number of nitrogens with one attached hydrogen (secondary N) is 2. The van der Waals surface area contributed by atoms with Crippen molar-refractivity contribution < 1.29 is 9.53 Å². The monoisotopic (exact) mass is 248 g/mol. The molecule has 0 aromatic rings. The van der Waals surface area contributed by atoms with Gasteiger partial charge in [0, 0.05) is 18.7 Å². The number of piperidine rings is 1. The van der Waals surface area contributed by atoms with Gasteiger partial charge in [-0.15, -0.1) is 12.4 Å². The van der Waals surface area contributed by atoms with Crippen molar-refractivity contribution >= 4 is 18.3 Å². The first-order chi connectivity index (χ1) is 7.25. The van der Waals surface area contributed by atoms with E-state index in [2.05, 4.69) is 17.6 Å². The van der Waals surface area contributed by atoms with Crippen LogP contribution in [0, 0.1) is 0 Å². The number of carbonyl (C=O) groups excluding carboxylic acids is 1. The Balaban J connectivity index is 0.00000128. The van der Waals surface area contributed by atoms with Crippen molar-refractivity contribution in [3.63, 3.8) is 0 Å². The molecule has 2 rings (SSSR count). The minimum atomic E-state index is -0.185. The smallest absolute Gasteiger partial charge is 0.249 e. The topological polar surface area (TPSA) is 50.4 Å². The summed E-state index contributed by atoms with van der Waals surface area (Å²) in [6, 6.07) is 0.839. The second-order valence-electron chi connectivity index (χ2n) is 4.59. The summed E-state index contributed by atoms with van der Waals surface area (Å²) in [5, 5.41) is 6.46. The fraction of sp³-hybridized carbons (Fsp3) is 0.909. The lowest BCUT2D eigenvalue weighted by Crippen LogP contribution is -2.49. The summed E-state index contributed by atoms with van der Waals surface area (Å²) in [6.45, 7) is 3.89. The average Bonchev–Trinajstić information content (AvgIpc) is 2.70. The highest BCUT2D eigenvalue weighted by Gasteiger charge is 2.27. The van der Waals surface area contributed by atoms with E-state index in [-0.39, 0.29) is 24.4 Å². The maximum atomic E-state index is 11.8. The molecule has 2 N–H and O–H groups in total. The van der Waals surface area contributed by atoms with Crippen LogP contribution in [0.2, 0.25) is 0 Å². The van der Waals surface area contributed by atoms with E-state index in [1.54, 1.807) is 0 Å². The Hall–Kier alpha value is -0.320. The van der Waals surface area contributed by atoms with Crippen molar-refractivity contribution in [3.8, 4) is 0 Å². The third-order valence-electron chi connectivity index (χ3n) is 3.19. The van der Waals surface area contributed by atoms with Crippen LogP contribution in [-0.2, 0) is 9.53 Å². The number of ether oxygens (including phenoxy) is 1. The molecule has 16 heavy (non-hydrogen) atoms. The van der Waals surface area contributed by atoms with E-state index in [1.165, 1.54) is 0 Å². The summed E-state index contributed by atoms with van der Waals surface area (Å²) in [5.74, 6) is 0.0894. The van der Waals surface area contributed by atoms with E-state index in [9.17, 15) is 4.79 Å². The van der Waals surface area contributed by atoms with Crippen LogP contribution in [0.4, 0.5) is 0 Å². The van der Waals surface area contributed by atoms with Crippen LogP contribution < -0.4 is 10.6 Å². The van der Waals surface area contributed by atoms with Gasteiger partial charge in [0.25, 0.3) is 0 Å². The van der Waals surface area contributed by atoms with Crippen LogP contribution in [0.5, 0.6) is 0 Å². The number of hydrogen-bond acceptors (Lipinski definition) is 3. The van der Waals surface area contributed by atoms with Crippen LogP contribution in [0.1, 0.15) is 32.6 Å². The molecule has 5 heteroatoms.